The lowest BCUT2D eigenvalue weighted by atomic mass is 9.97. The highest BCUT2D eigenvalue weighted by Crippen LogP contribution is 2.32. The summed E-state index contributed by atoms with van der Waals surface area (Å²) >= 11 is 0. The Hall–Kier alpha value is -2.54. The van der Waals surface area contributed by atoms with Gasteiger partial charge in [0.15, 0.2) is 9.84 Å². The molecule has 1 fully saturated rings. The van der Waals surface area contributed by atoms with Gasteiger partial charge in [-0.1, -0.05) is 6.07 Å². The van der Waals surface area contributed by atoms with E-state index in [1.54, 1.807) is 6.08 Å². The molecule has 130 valence electrons. The molecule has 0 aromatic heterocycles. The van der Waals surface area contributed by atoms with Gasteiger partial charge in [-0.25, -0.2) is 22.0 Å². The fourth-order valence-corrected chi connectivity index (χ4v) is 3.25. The zero-order valence-corrected chi connectivity index (χ0v) is 14.1. The van der Waals surface area contributed by atoms with Gasteiger partial charge in [-0.3, -0.25) is 0 Å². The molecule has 0 saturated carbocycles. The molecule has 1 aliphatic rings. The van der Waals surface area contributed by atoms with Crippen LogP contribution in [0.1, 0.15) is 12.0 Å². The monoisotopic (exact) mass is 364 g/mol. The summed E-state index contributed by atoms with van der Waals surface area (Å²) in [5, 5.41) is 0. The normalized spacial score (nSPS) is 16.3. The van der Waals surface area contributed by atoms with E-state index in [-0.39, 0.29) is 22.6 Å². The quantitative estimate of drug-likeness (QED) is 0.619. The Bertz CT molecular complexity index is 994. The van der Waals surface area contributed by atoms with E-state index in [4.69, 9.17) is 4.74 Å². The van der Waals surface area contributed by atoms with Crippen molar-refractivity contribution in [2.45, 2.75) is 11.3 Å². The van der Waals surface area contributed by atoms with Gasteiger partial charge < -0.3 is 4.74 Å². The van der Waals surface area contributed by atoms with Crippen molar-refractivity contribution in [1.82, 2.24) is 0 Å². The predicted molar refractivity (Wildman–Crippen MR) is 88.5 cm³/mol. The highest BCUT2D eigenvalue weighted by atomic mass is 32.2. The maximum atomic E-state index is 14.2. The summed E-state index contributed by atoms with van der Waals surface area (Å²) in [4.78, 5) is 11.7. The van der Waals surface area contributed by atoms with Crippen molar-refractivity contribution in [3.63, 3.8) is 0 Å². The molecule has 0 amide bonds. The number of sulfone groups is 1. The van der Waals surface area contributed by atoms with Gasteiger partial charge in [-0.2, -0.15) is 0 Å². The van der Waals surface area contributed by atoms with Crippen molar-refractivity contribution >= 4 is 21.9 Å². The molecular formula is C18H14F2O4S. The number of ether oxygens (including phenoxy) is 1. The molecule has 25 heavy (non-hydrogen) atoms. The summed E-state index contributed by atoms with van der Waals surface area (Å²) in [5.41, 5.74) is 1.17. The van der Waals surface area contributed by atoms with Crippen molar-refractivity contribution in [3.8, 4) is 11.1 Å². The third-order valence-corrected chi connectivity index (χ3v) is 4.98. The van der Waals surface area contributed by atoms with Crippen molar-refractivity contribution < 1.29 is 26.7 Å². The number of hydrogen-bond acceptors (Lipinski definition) is 4. The molecule has 1 heterocycles. The van der Waals surface area contributed by atoms with Crippen LogP contribution in [-0.2, 0) is 19.4 Å². The van der Waals surface area contributed by atoms with E-state index >= 15 is 0 Å². The number of carbonyl (C=O) groups excluding carboxylic acids is 1. The average molecular weight is 364 g/mol. The molecule has 0 radical (unpaired) electrons. The summed E-state index contributed by atoms with van der Waals surface area (Å²) in [7, 11) is -3.52. The summed E-state index contributed by atoms with van der Waals surface area (Å²) in [6.45, 7) is 0.270. The van der Waals surface area contributed by atoms with Crippen LogP contribution in [0.4, 0.5) is 8.78 Å². The number of benzene rings is 2. The lowest BCUT2D eigenvalue weighted by Gasteiger charge is -2.11. The molecule has 0 aliphatic carbocycles. The van der Waals surface area contributed by atoms with Crippen LogP contribution < -0.4 is 0 Å². The molecule has 3 rings (SSSR count). The number of halogens is 2. The van der Waals surface area contributed by atoms with Crippen LogP contribution in [-0.4, -0.2) is 27.2 Å². The second kappa shape index (κ2) is 6.40. The second-order valence-electron chi connectivity index (χ2n) is 5.70. The SMILES string of the molecule is CS(=O)(=O)c1ccc(/C=C2/CCOC2=O)c(-c2ccc(F)cc2F)c1. The number of cyclic esters (lactones) is 1. The van der Waals surface area contributed by atoms with Crippen LogP contribution in [0.15, 0.2) is 46.9 Å². The van der Waals surface area contributed by atoms with Crippen LogP contribution in [0.2, 0.25) is 0 Å². The standard InChI is InChI=1S/C18H14F2O4S/c1-25(22,23)14-4-2-11(8-12-6-7-24-18(12)21)16(10-14)15-5-3-13(19)9-17(15)20/h2-5,8-10H,6-7H2,1H3/b12-8-. The molecule has 0 unspecified atom stereocenters. The first kappa shape index (κ1) is 17.3. The Morgan fingerprint density at radius 3 is 2.44 bits per heavy atom. The lowest BCUT2D eigenvalue weighted by Crippen LogP contribution is -2.00. The maximum absolute atomic E-state index is 14.2. The fraction of sp³-hybridized carbons (Fsp3) is 0.167. The summed E-state index contributed by atoms with van der Waals surface area (Å²) in [5.74, 6) is -2.02. The minimum Gasteiger partial charge on any atom is -0.462 e. The minimum atomic E-state index is -3.52. The zero-order valence-electron chi connectivity index (χ0n) is 13.3. The Labute approximate surface area is 143 Å². The third-order valence-electron chi connectivity index (χ3n) is 3.87. The number of esters is 1. The Kier molecular flexibility index (Phi) is 4.43. The Balaban J connectivity index is 2.23. The van der Waals surface area contributed by atoms with Crippen LogP contribution in [0, 0.1) is 11.6 Å². The molecule has 0 bridgehead atoms. The highest BCUT2D eigenvalue weighted by molar-refractivity contribution is 7.90. The smallest absolute Gasteiger partial charge is 0.334 e. The first-order valence-corrected chi connectivity index (χ1v) is 9.32. The van der Waals surface area contributed by atoms with Crippen LogP contribution in [0.3, 0.4) is 0 Å². The molecule has 1 aliphatic heterocycles. The largest absolute Gasteiger partial charge is 0.462 e. The molecule has 0 spiro atoms. The van der Waals surface area contributed by atoms with Crippen LogP contribution in [0.25, 0.3) is 17.2 Å². The van der Waals surface area contributed by atoms with Gasteiger partial charge >= 0.3 is 5.97 Å². The van der Waals surface area contributed by atoms with E-state index in [9.17, 15) is 22.0 Å². The van der Waals surface area contributed by atoms with Gasteiger partial charge in [0.1, 0.15) is 11.6 Å². The zero-order chi connectivity index (χ0) is 18.2. The number of carbonyl (C=O) groups is 1. The molecule has 1 saturated heterocycles. The predicted octanol–water partition coefficient (Wildman–Crippen LogP) is 3.37. The van der Waals surface area contributed by atoms with Gasteiger partial charge in [-0.15, -0.1) is 0 Å². The molecule has 0 N–H and O–H groups in total. The van der Waals surface area contributed by atoms with Crippen LogP contribution in [0.5, 0.6) is 0 Å². The van der Waals surface area contributed by atoms with E-state index in [0.717, 1.165) is 18.4 Å². The number of hydrogen-bond donors (Lipinski definition) is 0. The third kappa shape index (κ3) is 3.61. The topological polar surface area (TPSA) is 60.4 Å². The molecule has 2 aromatic carbocycles. The van der Waals surface area contributed by atoms with Gasteiger partial charge in [0.05, 0.1) is 11.5 Å². The summed E-state index contributed by atoms with van der Waals surface area (Å²) in [6, 6.07) is 7.24. The van der Waals surface area contributed by atoms with E-state index < -0.39 is 27.4 Å². The summed E-state index contributed by atoms with van der Waals surface area (Å²) < 4.78 is 55.9. The molecule has 0 atom stereocenters. The first-order valence-electron chi connectivity index (χ1n) is 7.43. The lowest BCUT2D eigenvalue weighted by molar-refractivity contribution is -0.134. The van der Waals surface area contributed by atoms with E-state index in [0.29, 0.717) is 17.6 Å². The Morgan fingerprint density at radius 2 is 1.84 bits per heavy atom. The van der Waals surface area contributed by atoms with Gasteiger partial charge in [0.25, 0.3) is 0 Å². The average Bonchev–Trinajstić information content (AvgIpc) is 2.92. The fourth-order valence-electron chi connectivity index (χ4n) is 2.60. The van der Waals surface area contributed by atoms with E-state index in [1.807, 2.05) is 0 Å². The second-order valence-corrected chi connectivity index (χ2v) is 7.72. The van der Waals surface area contributed by atoms with Crippen molar-refractivity contribution in [2.24, 2.45) is 0 Å². The van der Waals surface area contributed by atoms with Gasteiger partial charge in [-0.05, 0) is 41.5 Å². The van der Waals surface area contributed by atoms with Crippen LogP contribution >= 0.6 is 0 Å². The van der Waals surface area contributed by atoms with E-state index in [1.165, 1.54) is 24.3 Å². The molecule has 7 heteroatoms. The van der Waals surface area contributed by atoms with Crippen molar-refractivity contribution in [2.75, 3.05) is 12.9 Å². The Morgan fingerprint density at radius 1 is 1.08 bits per heavy atom. The van der Waals surface area contributed by atoms with E-state index in [2.05, 4.69) is 0 Å². The van der Waals surface area contributed by atoms with Crippen molar-refractivity contribution in [3.05, 3.63) is 59.2 Å². The molecule has 2 aromatic rings. The summed E-state index contributed by atoms with van der Waals surface area (Å²) in [6.07, 6.45) is 3.00. The molecular weight excluding hydrogens is 350 g/mol. The minimum absolute atomic E-state index is 0.00220. The molecule has 4 nitrogen and oxygen atoms in total. The van der Waals surface area contributed by atoms with Gasteiger partial charge in [0.2, 0.25) is 0 Å². The van der Waals surface area contributed by atoms with Gasteiger partial charge in [0, 0.05) is 29.9 Å². The maximum Gasteiger partial charge on any atom is 0.334 e. The number of rotatable bonds is 3. The first-order chi connectivity index (χ1) is 11.8. The van der Waals surface area contributed by atoms with Crippen molar-refractivity contribution in [1.29, 1.82) is 0 Å². The highest BCUT2D eigenvalue weighted by Gasteiger charge is 2.20.